The molecule has 0 spiro atoms. The summed E-state index contributed by atoms with van der Waals surface area (Å²) in [7, 11) is 4.34. The lowest BCUT2D eigenvalue weighted by atomic mass is 9.99. The molecule has 0 N–H and O–H groups in total. The van der Waals surface area contributed by atoms with E-state index < -0.39 is 0 Å². The van der Waals surface area contributed by atoms with E-state index in [1.54, 1.807) is 0 Å². The van der Waals surface area contributed by atoms with Gasteiger partial charge < -0.3 is 9.13 Å². The van der Waals surface area contributed by atoms with E-state index in [-0.39, 0.29) is 0 Å². The zero-order chi connectivity index (χ0) is 22.0. The second-order valence-corrected chi connectivity index (χ2v) is 8.99. The molecule has 0 amide bonds. The van der Waals surface area contributed by atoms with Crippen LogP contribution < -0.4 is 0 Å². The van der Waals surface area contributed by atoms with E-state index in [2.05, 4.69) is 110 Å². The maximum Gasteiger partial charge on any atom is 0.0489 e. The Bertz CT molecular complexity index is 1530. The van der Waals surface area contributed by atoms with Gasteiger partial charge in [0.05, 0.1) is 0 Å². The van der Waals surface area contributed by atoms with Crippen molar-refractivity contribution in [3.63, 3.8) is 0 Å². The predicted molar refractivity (Wildman–Crippen MR) is 139 cm³/mol. The van der Waals surface area contributed by atoms with Gasteiger partial charge in [0.1, 0.15) is 0 Å². The van der Waals surface area contributed by atoms with Crippen molar-refractivity contribution >= 4 is 43.6 Å². The highest BCUT2D eigenvalue weighted by Crippen LogP contribution is 2.36. The van der Waals surface area contributed by atoms with Gasteiger partial charge in [0.15, 0.2) is 0 Å². The van der Waals surface area contributed by atoms with Crippen LogP contribution >= 0.6 is 0 Å². The van der Waals surface area contributed by atoms with Crippen molar-refractivity contribution in [1.29, 1.82) is 0 Å². The highest BCUT2D eigenvalue weighted by atomic mass is 14.9. The number of benzene rings is 4. The summed E-state index contributed by atoms with van der Waals surface area (Å²) in [5, 5.41) is 5.37. The lowest BCUT2D eigenvalue weighted by Crippen LogP contribution is -1.87. The first-order valence-corrected chi connectivity index (χ1v) is 11.6. The highest BCUT2D eigenvalue weighted by molar-refractivity contribution is 6.11. The number of fused-ring (bicyclic) bond motifs is 6. The molecule has 6 aromatic rings. The Kier molecular flexibility index (Phi) is 4.19. The van der Waals surface area contributed by atoms with E-state index in [9.17, 15) is 0 Å². The van der Waals surface area contributed by atoms with Crippen LogP contribution in [-0.4, -0.2) is 9.13 Å². The molecule has 0 radical (unpaired) electrons. The van der Waals surface area contributed by atoms with E-state index in [4.69, 9.17) is 0 Å². The number of aromatic nitrogens is 2. The number of nitrogens with zero attached hydrogens (tertiary/aromatic N) is 2. The molecule has 0 saturated carbocycles. The molecular weight excluding hydrogens is 388 g/mol. The fourth-order valence-electron chi connectivity index (χ4n) is 5.33. The molecule has 0 aliphatic rings. The average Bonchev–Trinajstić information content (AvgIpc) is 3.29. The van der Waals surface area contributed by atoms with Gasteiger partial charge in [-0.05, 0) is 83.6 Å². The zero-order valence-corrected chi connectivity index (χ0v) is 19.2. The first-order valence-electron chi connectivity index (χ1n) is 11.6. The maximum absolute atomic E-state index is 2.38. The minimum Gasteiger partial charge on any atom is -0.344 e. The van der Waals surface area contributed by atoms with Crippen molar-refractivity contribution in [3.05, 3.63) is 83.9 Å². The van der Waals surface area contributed by atoms with Crippen LogP contribution in [0.5, 0.6) is 0 Å². The van der Waals surface area contributed by atoms with Crippen LogP contribution in [0.25, 0.3) is 54.7 Å². The third kappa shape index (κ3) is 2.65. The largest absolute Gasteiger partial charge is 0.344 e. The maximum atomic E-state index is 2.38. The monoisotopic (exact) mass is 416 g/mol. The lowest BCUT2D eigenvalue weighted by molar-refractivity contribution is 1.01. The summed E-state index contributed by atoms with van der Waals surface area (Å²) >= 11 is 0. The molecule has 0 aliphatic heterocycles. The first-order chi connectivity index (χ1) is 15.6. The minimum absolute atomic E-state index is 1.06. The summed E-state index contributed by atoms with van der Waals surface area (Å²) in [5.74, 6) is 0. The fourth-order valence-corrected chi connectivity index (χ4v) is 5.33. The Morgan fingerprint density at radius 3 is 1.19 bits per heavy atom. The van der Waals surface area contributed by atoms with Crippen molar-refractivity contribution in [2.45, 2.75) is 26.7 Å². The van der Waals surface area contributed by atoms with Gasteiger partial charge in [0, 0.05) is 57.7 Å². The molecule has 0 bridgehead atoms. The molecule has 0 saturated heterocycles. The van der Waals surface area contributed by atoms with Crippen molar-refractivity contribution in [1.82, 2.24) is 9.13 Å². The molecule has 6 rings (SSSR count). The Hall–Kier alpha value is -3.52. The second-order valence-electron chi connectivity index (χ2n) is 8.99. The summed E-state index contributed by atoms with van der Waals surface area (Å²) in [6.07, 6.45) is 2.12. The van der Waals surface area contributed by atoms with Gasteiger partial charge in [-0.2, -0.15) is 0 Å². The summed E-state index contributed by atoms with van der Waals surface area (Å²) in [4.78, 5) is 0. The zero-order valence-electron chi connectivity index (χ0n) is 19.2. The standard InChI is InChI=1S/C30H28N2/c1-5-19-7-11-27-23(15-19)25-17-21(9-13-29(25)31(27)3)22-10-14-30-26(18-22)24-16-20(6-2)8-12-28(24)32(30)4/h7-18H,5-6H2,1-4H3. The minimum atomic E-state index is 1.06. The number of hydrogen-bond acceptors (Lipinski definition) is 0. The summed E-state index contributed by atoms with van der Waals surface area (Å²) in [6.45, 7) is 4.45. The van der Waals surface area contributed by atoms with Crippen LogP contribution in [-0.2, 0) is 26.9 Å². The molecule has 4 aromatic carbocycles. The Balaban J connectivity index is 1.60. The van der Waals surface area contributed by atoms with Crippen molar-refractivity contribution in [2.75, 3.05) is 0 Å². The predicted octanol–water partition coefficient (Wildman–Crippen LogP) is 7.77. The molecule has 2 aromatic heterocycles. The SMILES string of the molecule is CCc1ccc2c(c1)c1cc(-c3ccc4c(c3)c3cc(CC)ccc3n4C)ccc1n2C. The lowest BCUT2D eigenvalue weighted by Gasteiger charge is -2.05. The topological polar surface area (TPSA) is 9.86 Å². The van der Waals surface area contributed by atoms with E-state index in [1.165, 1.54) is 65.9 Å². The number of rotatable bonds is 3. The van der Waals surface area contributed by atoms with Crippen LogP contribution in [0.4, 0.5) is 0 Å². The molecule has 0 aliphatic carbocycles. The van der Waals surface area contributed by atoms with Gasteiger partial charge in [0.2, 0.25) is 0 Å². The Labute approximate surface area is 188 Å². The highest BCUT2D eigenvalue weighted by Gasteiger charge is 2.13. The second kappa shape index (κ2) is 7.00. The van der Waals surface area contributed by atoms with Gasteiger partial charge in [-0.3, -0.25) is 0 Å². The third-order valence-electron chi connectivity index (χ3n) is 7.29. The van der Waals surface area contributed by atoms with Gasteiger partial charge >= 0.3 is 0 Å². The molecule has 2 heteroatoms. The van der Waals surface area contributed by atoms with Crippen LogP contribution in [0.2, 0.25) is 0 Å². The van der Waals surface area contributed by atoms with Gasteiger partial charge in [-0.15, -0.1) is 0 Å². The van der Waals surface area contributed by atoms with Crippen molar-refractivity contribution < 1.29 is 0 Å². The fraction of sp³-hybridized carbons (Fsp3) is 0.200. The third-order valence-corrected chi connectivity index (χ3v) is 7.29. The molecular formula is C30H28N2. The summed E-state index contributed by atoms with van der Waals surface area (Å²) in [6, 6.07) is 27.6. The molecule has 2 heterocycles. The van der Waals surface area contributed by atoms with Crippen LogP contribution in [0.3, 0.4) is 0 Å². The molecule has 0 unspecified atom stereocenters. The number of aryl methyl sites for hydroxylation is 4. The quantitative estimate of drug-likeness (QED) is 0.279. The van der Waals surface area contributed by atoms with E-state index >= 15 is 0 Å². The summed E-state index contributed by atoms with van der Waals surface area (Å²) < 4.78 is 4.63. The van der Waals surface area contributed by atoms with E-state index in [1.807, 2.05) is 0 Å². The van der Waals surface area contributed by atoms with E-state index in [0.717, 1.165) is 12.8 Å². The van der Waals surface area contributed by atoms with Gasteiger partial charge in [0.25, 0.3) is 0 Å². The molecule has 0 fully saturated rings. The van der Waals surface area contributed by atoms with Gasteiger partial charge in [-0.1, -0.05) is 38.1 Å². The smallest absolute Gasteiger partial charge is 0.0489 e. The first kappa shape index (κ1) is 19.2. The van der Waals surface area contributed by atoms with Crippen LogP contribution in [0, 0.1) is 0 Å². The summed E-state index contributed by atoms with van der Waals surface area (Å²) in [5.41, 5.74) is 10.5. The Morgan fingerprint density at radius 1 is 0.469 bits per heavy atom. The molecule has 2 nitrogen and oxygen atoms in total. The van der Waals surface area contributed by atoms with Gasteiger partial charge in [-0.25, -0.2) is 0 Å². The molecule has 32 heavy (non-hydrogen) atoms. The van der Waals surface area contributed by atoms with E-state index in [0.29, 0.717) is 0 Å². The molecule has 158 valence electrons. The average molecular weight is 417 g/mol. The number of hydrogen-bond donors (Lipinski definition) is 0. The Morgan fingerprint density at radius 2 is 0.812 bits per heavy atom. The molecule has 0 atom stereocenters. The van der Waals surface area contributed by atoms with Crippen LogP contribution in [0.1, 0.15) is 25.0 Å². The van der Waals surface area contributed by atoms with Crippen molar-refractivity contribution in [3.8, 4) is 11.1 Å². The normalized spacial score (nSPS) is 12.0. The van der Waals surface area contributed by atoms with Crippen LogP contribution in [0.15, 0.2) is 72.8 Å². The van der Waals surface area contributed by atoms with Crippen molar-refractivity contribution in [2.24, 2.45) is 14.1 Å².